The van der Waals surface area contributed by atoms with Gasteiger partial charge in [-0.1, -0.05) is 19.1 Å². The van der Waals surface area contributed by atoms with Crippen LogP contribution in [0.1, 0.15) is 26.3 Å². The summed E-state index contributed by atoms with van der Waals surface area (Å²) in [7, 11) is 0. The van der Waals surface area contributed by atoms with E-state index in [4.69, 9.17) is 9.47 Å². The van der Waals surface area contributed by atoms with E-state index in [0.29, 0.717) is 0 Å². The first-order chi connectivity index (χ1) is 9.31. The van der Waals surface area contributed by atoms with E-state index < -0.39 is 0 Å². The van der Waals surface area contributed by atoms with Crippen LogP contribution < -0.4 is 4.90 Å². The van der Waals surface area contributed by atoms with E-state index in [1.807, 2.05) is 13.8 Å². The maximum Gasteiger partial charge on any atom is 0.0641 e. The predicted molar refractivity (Wildman–Crippen MR) is 81.0 cm³/mol. The van der Waals surface area contributed by atoms with Crippen molar-refractivity contribution in [3.8, 4) is 0 Å². The minimum Gasteiger partial charge on any atom is -0.380 e. The van der Waals surface area contributed by atoms with E-state index >= 15 is 0 Å². The van der Waals surface area contributed by atoms with Crippen molar-refractivity contribution in [2.24, 2.45) is 0 Å². The molecule has 19 heavy (non-hydrogen) atoms. The van der Waals surface area contributed by atoms with Crippen LogP contribution in [-0.2, 0) is 15.9 Å². The normalized spacial score (nSPS) is 10.7. The van der Waals surface area contributed by atoms with Crippen molar-refractivity contribution in [1.29, 1.82) is 0 Å². The van der Waals surface area contributed by atoms with Gasteiger partial charge >= 0.3 is 0 Å². The maximum absolute atomic E-state index is 5.45. The van der Waals surface area contributed by atoms with Crippen LogP contribution in [-0.4, -0.2) is 39.5 Å². The first kappa shape index (κ1) is 16.0. The Bertz CT molecular complexity index is 314. The Morgan fingerprint density at radius 1 is 0.842 bits per heavy atom. The smallest absolute Gasteiger partial charge is 0.0641 e. The van der Waals surface area contributed by atoms with Crippen LogP contribution >= 0.6 is 0 Å². The quantitative estimate of drug-likeness (QED) is 0.607. The summed E-state index contributed by atoms with van der Waals surface area (Å²) in [4.78, 5) is 2.32. The number of rotatable bonds is 10. The molecule has 3 nitrogen and oxygen atoms in total. The van der Waals surface area contributed by atoms with Crippen LogP contribution in [0.4, 0.5) is 5.69 Å². The van der Waals surface area contributed by atoms with Gasteiger partial charge in [0.25, 0.3) is 0 Å². The number of anilines is 1. The number of hydrogen-bond acceptors (Lipinski definition) is 3. The molecule has 1 aromatic carbocycles. The molecule has 1 aromatic rings. The summed E-state index contributed by atoms with van der Waals surface area (Å²) in [6.07, 6.45) is 1.08. The lowest BCUT2D eigenvalue weighted by Gasteiger charge is -2.25. The summed E-state index contributed by atoms with van der Waals surface area (Å²) in [6.45, 7) is 11.1. The molecular weight excluding hydrogens is 238 g/mol. The maximum atomic E-state index is 5.45. The van der Waals surface area contributed by atoms with Crippen LogP contribution in [0.3, 0.4) is 0 Å². The zero-order valence-electron chi connectivity index (χ0n) is 12.5. The second kappa shape index (κ2) is 9.82. The second-order valence-electron chi connectivity index (χ2n) is 4.40. The number of nitrogens with zero attached hydrogens (tertiary/aromatic N) is 1. The number of benzene rings is 1. The lowest BCUT2D eigenvalue weighted by molar-refractivity contribution is 0.141. The average molecular weight is 265 g/mol. The molecular formula is C16H27NO2. The number of aryl methyl sites for hydroxylation is 1. The number of ether oxygens (including phenoxy) is 2. The highest BCUT2D eigenvalue weighted by Crippen LogP contribution is 2.15. The molecule has 0 heterocycles. The Morgan fingerprint density at radius 2 is 1.37 bits per heavy atom. The van der Waals surface area contributed by atoms with E-state index in [0.717, 1.165) is 45.9 Å². The fourth-order valence-electron chi connectivity index (χ4n) is 1.95. The lowest BCUT2D eigenvalue weighted by atomic mass is 10.1. The Morgan fingerprint density at radius 3 is 1.79 bits per heavy atom. The van der Waals surface area contributed by atoms with Crippen molar-refractivity contribution in [2.75, 3.05) is 44.4 Å². The highest BCUT2D eigenvalue weighted by molar-refractivity contribution is 5.47. The van der Waals surface area contributed by atoms with Gasteiger partial charge in [0.1, 0.15) is 0 Å². The van der Waals surface area contributed by atoms with E-state index in [9.17, 15) is 0 Å². The molecule has 0 saturated heterocycles. The summed E-state index contributed by atoms with van der Waals surface area (Å²) < 4.78 is 10.9. The molecule has 0 fully saturated rings. The molecule has 0 aliphatic carbocycles. The van der Waals surface area contributed by atoms with Gasteiger partial charge in [-0.15, -0.1) is 0 Å². The van der Waals surface area contributed by atoms with Crippen molar-refractivity contribution in [3.05, 3.63) is 29.8 Å². The number of hydrogen-bond donors (Lipinski definition) is 0. The van der Waals surface area contributed by atoms with Gasteiger partial charge < -0.3 is 14.4 Å². The van der Waals surface area contributed by atoms with Crippen LogP contribution in [0.25, 0.3) is 0 Å². The van der Waals surface area contributed by atoms with E-state index in [2.05, 4.69) is 36.1 Å². The van der Waals surface area contributed by atoms with Gasteiger partial charge in [0.2, 0.25) is 0 Å². The minimum absolute atomic E-state index is 0.762. The van der Waals surface area contributed by atoms with Crippen LogP contribution in [0.15, 0.2) is 24.3 Å². The van der Waals surface area contributed by atoms with E-state index in [1.165, 1.54) is 11.3 Å². The molecule has 0 bridgehead atoms. The minimum atomic E-state index is 0.762. The summed E-state index contributed by atoms with van der Waals surface area (Å²) in [5.74, 6) is 0. The average Bonchev–Trinajstić information content (AvgIpc) is 2.46. The zero-order chi connectivity index (χ0) is 13.9. The third-order valence-electron chi connectivity index (χ3n) is 3.13. The molecule has 0 radical (unpaired) electrons. The van der Waals surface area contributed by atoms with E-state index in [1.54, 1.807) is 0 Å². The van der Waals surface area contributed by atoms with Gasteiger partial charge in [-0.3, -0.25) is 0 Å². The molecule has 0 atom stereocenters. The van der Waals surface area contributed by atoms with Crippen molar-refractivity contribution in [1.82, 2.24) is 0 Å². The van der Waals surface area contributed by atoms with Gasteiger partial charge in [-0.05, 0) is 38.0 Å². The molecule has 3 heteroatoms. The largest absolute Gasteiger partial charge is 0.380 e. The first-order valence-corrected chi connectivity index (χ1v) is 7.31. The van der Waals surface area contributed by atoms with Crippen molar-refractivity contribution < 1.29 is 9.47 Å². The molecule has 0 aliphatic rings. The van der Waals surface area contributed by atoms with Gasteiger partial charge in [-0.2, -0.15) is 0 Å². The molecule has 0 aromatic heterocycles. The highest BCUT2D eigenvalue weighted by atomic mass is 16.5. The topological polar surface area (TPSA) is 21.7 Å². The van der Waals surface area contributed by atoms with Gasteiger partial charge in [0.15, 0.2) is 0 Å². The van der Waals surface area contributed by atoms with Crippen molar-refractivity contribution in [3.63, 3.8) is 0 Å². The summed E-state index contributed by atoms with van der Waals surface area (Å²) in [6, 6.07) is 8.78. The molecule has 108 valence electrons. The first-order valence-electron chi connectivity index (χ1n) is 7.31. The summed E-state index contributed by atoms with van der Waals surface area (Å²) in [5.41, 5.74) is 2.62. The molecule has 0 N–H and O–H groups in total. The molecule has 1 rings (SSSR count). The van der Waals surface area contributed by atoms with E-state index in [-0.39, 0.29) is 0 Å². The monoisotopic (exact) mass is 265 g/mol. The van der Waals surface area contributed by atoms with Crippen LogP contribution in [0.2, 0.25) is 0 Å². The van der Waals surface area contributed by atoms with Gasteiger partial charge in [0.05, 0.1) is 13.2 Å². The molecule has 0 aliphatic heterocycles. The Kier molecular flexibility index (Phi) is 8.26. The Balaban J connectivity index is 2.58. The van der Waals surface area contributed by atoms with Gasteiger partial charge in [-0.25, -0.2) is 0 Å². The third-order valence-corrected chi connectivity index (χ3v) is 3.13. The van der Waals surface area contributed by atoms with Crippen LogP contribution in [0.5, 0.6) is 0 Å². The SMILES string of the molecule is CCOCCN(CCOCC)c1ccc(CC)cc1. The predicted octanol–water partition coefficient (Wildman–Crippen LogP) is 3.13. The Labute approximate surface area is 117 Å². The third kappa shape index (κ3) is 6.08. The van der Waals surface area contributed by atoms with Crippen molar-refractivity contribution in [2.45, 2.75) is 27.2 Å². The lowest BCUT2D eigenvalue weighted by Crippen LogP contribution is -2.31. The summed E-state index contributed by atoms with van der Waals surface area (Å²) >= 11 is 0. The zero-order valence-corrected chi connectivity index (χ0v) is 12.5. The highest BCUT2D eigenvalue weighted by Gasteiger charge is 2.06. The van der Waals surface area contributed by atoms with Crippen molar-refractivity contribution >= 4 is 5.69 Å². The fraction of sp³-hybridized carbons (Fsp3) is 0.625. The fourth-order valence-corrected chi connectivity index (χ4v) is 1.95. The van der Waals surface area contributed by atoms with Gasteiger partial charge in [0, 0.05) is 32.0 Å². The molecule has 0 unspecified atom stereocenters. The molecule has 0 saturated carbocycles. The standard InChI is InChI=1S/C16H27NO2/c1-4-15-7-9-16(10-8-15)17(11-13-18-5-2)12-14-19-6-3/h7-10H,4-6,11-14H2,1-3H3. The summed E-state index contributed by atoms with van der Waals surface area (Å²) in [5, 5.41) is 0. The van der Waals surface area contributed by atoms with Crippen LogP contribution in [0, 0.1) is 0 Å². The Hall–Kier alpha value is -1.06. The molecule has 0 amide bonds. The molecule has 0 spiro atoms. The second-order valence-corrected chi connectivity index (χ2v) is 4.40.